The van der Waals surface area contributed by atoms with E-state index in [1.165, 1.54) is 17.1 Å². The lowest BCUT2D eigenvalue weighted by atomic mass is 9.91. The number of rotatable bonds is 2. The Morgan fingerprint density at radius 3 is 2.69 bits per heavy atom. The molecule has 0 aromatic carbocycles. The molecule has 0 aliphatic carbocycles. The van der Waals surface area contributed by atoms with E-state index in [9.17, 15) is 4.39 Å². The van der Waals surface area contributed by atoms with Crippen LogP contribution in [0.15, 0.2) is 29.8 Å². The van der Waals surface area contributed by atoms with Crippen molar-refractivity contribution in [2.24, 2.45) is 5.73 Å². The Morgan fingerprint density at radius 1 is 1.44 bits per heavy atom. The molecule has 1 atom stereocenters. The third-order valence-electron chi connectivity index (χ3n) is 2.59. The van der Waals surface area contributed by atoms with E-state index in [1.54, 1.807) is 17.4 Å². The Labute approximate surface area is 97.9 Å². The number of hydrogen-bond acceptors (Lipinski definition) is 3. The van der Waals surface area contributed by atoms with E-state index in [4.69, 9.17) is 5.73 Å². The smallest absolute Gasteiger partial charge is 0.141 e. The van der Waals surface area contributed by atoms with Gasteiger partial charge in [0.15, 0.2) is 0 Å². The highest BCUT2D eigenvalue weighted by Gasteiger charge is 2.26. The van der Waals surface area contributed by atoms with Gasteiger partial charge in [-0.15, -0.1) is 11.3 Å². The maximum absolute atomic E-state index is 12.8. The van der Waals surface area contributed by atoms with Crippen molar-refractivity contribution in [3.8, 4) is 0 Å². The molecule has 0 radical (unpaired) electrons. The summed E-state index contributed by atoms with van der Waals surface area (Å²) in [5, 5.41) is 2.01. The van der Waals surface area contributed by atoms with Crippen LogP contribution in [-0.4, -0.2) is 4.98 Å². The third kappa shape index (κ3) is 1.99. The van der Waals surface area contributed by atoms with Crippen LogP contribution in [0.3, 0.4) is 0 Å². The van der Waals surface area contributed by atoms with Crippen LogP contribution in [0.2, 0.25) is 0 Å². The SMILES string of the molecule is Cc1cc(C(C)(N)c2ccc(F)cn2)cs1. The minimum atomic E-state index is -0.668. The molecule has 0 saturated carbocycles. The molecule has 1 unspecified atom stereocenters. The van der Waals surface area contributed by atoms with E-state index in [2.05, 4.69) is 4.98 Å². The fraction of sp³-hybridized carbons (Fsp3) is 0.250. The molecule has 0 aliphatic heterocycles. The number of nitrogens with zero attached hydrogens (tertiary/aromatic N) is 1. The summed E-state index contributed by atoms with van der Waals surface area (Å²) in [7, 11) is 0. The van der Waals surface area contributed by atoms with E-state index in [0.29, 0.717) is 5.69 Å². The van der Waals surface area contributed by atoms with Crippen LogP contribution in [0, 0.1) is 12.7 Å². The molecule has 84 valence electrons. The lowest BCUT2D eigenvalue weighted by Crippen LogP contribution is -2.34. The van der Waals surface area contributed by atoms with Gasteiger partial charge in [-0.3, -0.25) is 4.98 Å². The highest BCUT2D eigenvalue weighted by molar-refractivity contribution is 7.10. The van der Waals surface area contributed by atoms with Gasteiger partial charge in [0, 0.05) is 4.88 Å². The van der Waals surface area contributed by atoms with Crippen LogP contribution < -0.4 is 5.73 Å². The van der Waals surface area contributed by atoms with E-state index in [1.807, 2.05) is 25.3 Å². The molecule has 0 saturated heterocycles. The summed E-state index contributed by atoms with van der Waals surface area (Å²) in [5.74, 6) is -0.346. The van der Waals surface area contributed by atoms with Crippen molar-refractivity contribution in [3.05, 3.63) is 51.7 Å². The van der Waals surface area contributed by atoms with Gasteiger partial charge in [0.1, 0.15) is 5.82 Å². The highest BCUT2D eigenvalue weighted by atomic mass is 32.1. The zero-order chi connectivity index (χ0) is 11.8. The summed E-state index contributed by atoms with van der Waals surface area (Å²) in [6.07, 6.45) is 1.19. The molecule has 2 nitrogen and oxygen atoms in total. The molecule has 2 rings (SSSR count). The summed E-state index contributed by atoms with van der Waals surface area (Å²) < 4.78 is 12.8. The highest BCUT2D eigenvalue weighted by Crippen LogP contribution is 2.28. The number of hydrogen-bond donors (Lipinski definition) is 1. The largest absolute Gasteiger partial charge is 0.317 e. The number of aromatic nitrogens is 1. The normalized spacial score (nSPS) is 14.8. The van der Waals surface area contributed by atoms with Crippen LogP contribution >= 0.6 is 11.3 Å². The minimum absolute atomic E-state index is 0.346. The van der Waals surface area contributed by atoms with Crippen LogP contribution in [0.4, 0.5) is 4.39 Å². The number of thiophene rings is 1. The summed E-state index contributed by atoms with van der Waals surface area (Å²) in [5.41, 5.74) is 7.26. The van der Waals surface area contributed by atoms with Crippen molar-refractivity contribution in [3.63, 3.8) is 0 Å². The summed E-state index contributed by atoms with van der Waals surface area (Å²) in [6, 6.07) is 5.05. The second-order valence-corrected chi connectivity index (χ2v) is 5.13. The zero-order valence-electron chi connectivity index (χ0n) is 9.20. The Morgan fingerprint density at radius 2 is 2.19 bits per heavy atom. The van der Waals surface area contributed by atoms with Gasteiger partial charge in [0.2, 0.25) is 0 Å². The minimum Gasteiger partial charge on any atom is -0.317 e. The summed E-state index contributed by atoms with van der Waals surface area (Å²) in [4.78, 5) is 5.24. The number of aryl methyl sites for hydroxylation is 1. The lowest BCUT2D eigenvalue weighted by Gasteiger charge is -2.23. The zero-order valence-corrected chi connectivity index (χ0v) is 10.0. The van der Waals surface area contributed by atoms with E-state index < -0.39 is 5.54 Å². The summed E-state index contributed by atoms with van der Waals surface area (Å²) in [6.45, 7) is 3.91. The van der Waals surface area contributed by atoms with Crippen molar-refractivity contribution in [2.75, 3.05) is 0 Å². The molecule has 16 heavy (non-hydrogen) atoms. The van der Waals surface area contributed by atoms with E-state index >= 15 is 0 Å². The third-order valence-corrected chi connectivity index (χ3v) is 3.45. The Hall–Kier alpha value is -1.26. The molecule has 0 fully saturated rings. The summed E-state index contributed by atoms with van der Waals surface area (Å²) >= 11 is 1.65. The van der Waals surface area contributed by atoms with Crippen molar-refractivity contribution < 1.29 is 4.39 Å². The van der Waals surface area contributed by atoms with Gasteiger partial charge >= 0.3 is 0 Å². The molecule has 0 amide bonds. The molecule has 4 heteroatoms. The van der Waals surface area contributed by atoms with Crippen LogP contribution in [0.5, 0.6) is 0 Å². The molecule has 0 aliphatic rings. The van der Waals surface area contributed by atoms with Gasteiger partial charge in [-0.05, 0) is 43.0 Å². The standard InChI is InChI=1S/C12H13FN2S/c1-8-5-9(7-16-8)12(2,14)11-4-3-10(13)6-15-11/h3-7H,14H2,1-2H3. The Balaban J connectivity index is 2.42. The fourth-order valence-electron chi connectivity index (χ4n) is 1.55. The Kier molecular flexibility index (Phi) is 2.78. The number of pyridine rings is 1. The van der Waals surface area contributed by atoms with Crippen LogP contribution in [-0.2, 0) is 5.54 Å². The first-order chi connectivity index (χ1) is 7.50. The number of halogens is 1. The second kappa shape index (κ2) is 3.96. The molecule has 2 N–H and O–H groups in total. The van der Waals surface area contributed by atoms with Gasteiger partial charge < -0.3 is 5.73 Å². The Bertz CT molecular complexity index is 488. The van der Waals surface area contributed by atoms with Gasteiger partial charge in [0.25, 0.3) is 0 Å². The first-order valence-electron chi connectivity index (χ1n) is 4.96. The van der Waals surface area contributed by atoms with Crippen molar-refractivity contribution in [2.45, 2.75) is 19.4 Å². The molecular weight excluding hydrogens is 223 g/mol. The molecule has 0 bridgehead atoms. The first-order valence-corrected chi connectivity index (χ1v) is 5.84. The van der Waals surface area contributed by atoms with Gasteiger partial charge in [-0.2, -0.15) is 0 Å². The fourth-order valence-corrected chi connectivity index (χ4v) is 2.37. The lowest BCUT2D eigenvalue weighted by molar-refractivity contribution is 0.569. The maximum atomic E-state index is 12.8. The quantitative estimate of drug-likeness (QED) is 0.870. The van der Waals surface area contributed by atoms with Crippen molar-refractivity contribution in [1.29, 1.82) is 0 Å². The van der Waals surface area contributed by atoms with Gasteiger partial charge in [0.05, 0.1) is 17.4 Å². The molecule has 2 heterocycles. The average Bonchev–Trinajstić information content (AvgIpc) is 2.66. The van der Waals surface area contributed by atoms with Gasteiger partial charge in [-0.25, -0.2) is 4.39 Å². The van der Waals surface area contributed by atoms with Crippen LogP contribution in [0.1, 0.15) is 23.1 Å². The number of nitrogens with two attached hydrogens (primary N) is 1. The van der Waals surface area contributed by atoms with Gasteiger partial charge in [-0.1, -0.05) is 0 Å². The van der Waals surface area contributed by atoms with E-state index in [0.717, 1.165) is 5.56 Å². The maximum Gasteiger partial charge on any atom is 0.141 e. The topological polar surface area (TPSA) is 38.9 Å². The molecule has 2 aromatic rings. The average molecular weight is 236 g/mol. The second-order valence-electron chi connectivity index (χ2n) is 4.01. The molecule has 2 aromatic heterocycles. The monoisotopic (exact) mass is 236 g/mol. The van der Waals surface area contributed by atoms with Crippen LogP contribution in [0.25, 0.3) is 0 Å². The van der Waals surface area contributed by atoms with Crippen molar-refractivity contribution >= 4 is 11.3 Å². The predicted octanol–water partition coefficient (Wildman–Crippen LogP) is 2.81. The molecular formula is C12H13FN2S. The predicted molar refractivity (Wildman–Crippen MR) is 63.9 cm³/mol. The molecule has 0 spiro atoms. The first kappa shape index (κ1) is 11.2. The van der Waals surface area contributed by atoms with E-state index in [-0.39, 0.29) is 5.82 Å². The van der Waals surface area contributed by atoms with Crippen molar-refractivity contribution in [1.82, 2.24) is 4.98 Å².